The van der Waals surface area contributed by atoms with Crippen LogP contribution in [0.4, 0.5) is 5.69 Å². The third kappa shape index (κ3) is 2.99. The van der Waals surface area contributed by atoms with E-state index in [2.05, 4.69) is 5.32 Å². The van der Waals surface area contributed by atoms with Crippen LogP contribution in [-0.4, -0.2) is 12.2 Å². The van der Waals surface area contributed by atoms with Crippen LogP contribution in [0.25, 0.3) is 11.3 Å². The van der Waals surface area contributed by atoms with Gasteiger partial charge in [0.2, 0.25) is 0 Å². The minimum absolute atomic E-state index is 0.219. The van der Waals surface area contributed by atoms with Crippen LogP contribution in [0, 0.1) is 13.8 Å². The highest BCUT2D eigenvalue weighted by atomic mass is 16.3. The standard InChI is InChI=1S/C20H17NO3/c1-13-6-5-9-18(14(13)2)21-20(23)17-8-4-3-7-16(17)19-11-10-15(12-22)24-19/h3-12H,1-2H3,(H,21,23). The number of benzene rings is 2. The molecule has 2 aromatic carbocycles. The van der Waals surface area contributed by atoms with Crippen molar-refractivity contribution in [3.63, 3.8) is 0 Å². The Kier molecular flexibility index (Phi) is 4.29. The summed E-state index contributed by atoms with van der Waals surface area (Å²) in [4.78, 5) is 23.5. The van der Waals surface area contributed by atoms with Crippen molar-refractivity contribution in [2.24, 2.45) is 0 Å². The third-order valence-corrected chi connectivity index (χ3v) is 4.03. The van der Waals surface area contributed by atoms with Crippen molar-refractivity contribution >= 4 is 17.9 Å². The Hall–Kier alpha value is -3.14. The topological polar surface area (TPSA) is 59.3 Å². The molecule has 0 atom stereocenters. The van der Waals surface area contributed by atoms with Gasteiger partial charge in [-0.05, 0) is 49.2 Å². The molecule has 0 saturated heterocycles. The molecule has 1 N–H and O–H groups in total. The Bertz CT molecular complexity index is 909. The van der Waals surface area contributed by atoms with Crippen LogP contribution in [0.3, 0.4) is 0 Å². The summed E-state index contributed by atoms with van der Waals surface area (Å²) >= 11 is 0. The first-order valence-corrected chi connectivity index (χ1v) is 7.62. The molecule has 24 heavy (non-hydrogen) atoms. The van der Waals surface area contributed by atoms with Crippen LogP contribution in [0.1, 0.15) is 32.0 Å². The summed E-state index contributed by atoms with van der Waals surface area (Å²) in [6.07, 6.45) is 0.641. The minimum Gasteiger partial charge on any atom is -0.453 e. The lowest BCUT2D eigenvalue weighted by atomic mass is 10.0. The quantitative estimate of drug-likeness (QED) is 0.713. The molecule has 120 valence electrons. The van der Waals surface area contributed by atoms with E-state index < -0.39 is 0 Å². The summed E-state index contributed by atoms with van der Waals surface area (Å²) in [7, 11) is 0. The largest absolute Gasteiger partial charge is 0.453 e. The maximum atomic E-state index is 12.7. The summed E-state index contributed by atoms with van der Waals surface area (Å²) < 4.78 is 5.45. The number of nitrogens with one attached hydrogen (secondary N) is 1. The van der Waals surface area contributed by atoms with Gasteiger partial charge in [-0.15, -0.1) is 0 Å². The Morgan fingerprint density at radius 2 is 1.79 bits per heavy atom. The van der Waals surface area contributed by atoms with Crippen LogP contribution < -0.4 is 5.32 Å². The van der Waals surface area contributed by atoms with Crippen molar-refractivity contribution in [3.8, 4) is 11.3 Å². The van der Waals surface area contributed by atoms with Crippen molar-refractivity contribution in [1.82, 2.24) is 0 Å². The lowest BCUT2D eigenvalue weighted by Crippen LogP contribution is -2.14. The third-order valence-electron chi connectivity index (χ3n) is 4.03. The maximum absolute atomic E-state index is 12.7. The zero-order valence-electron chi connectivity index (χ0n) is 13.5. The molecule has 0 aliphatic heterocycles. The lowest BCUT2D eigenvalue weighted by molar-refractivity contribution is 0.102. The monoisotopic (exact) mass is 319 g/mol. The van der Waals surface area contributed by atoms with Gasteiger partial charge in [-0.2, -0.15) is 0 Å². The summed E-state index contributed by atoms with van der Waals surface area (Å²) in [5, 5.41) is 2.95. The van der Waals surface area contributed by atoms with Gasteiger partial charge in [-0.25, -0.2) is 0 Å². The number of anilines is 1. The molecule has 1 amide bonds. The highest BCUT2D eigenvalue weighted by Crippen LogP contribution is 2.27. The molecule has 0 aliphatic rings. The fourth-order valence-corrected chi connectivity index (χ4v) is 2.53. The number of rotatable bonds is 4. The highest BCUT2D eigenvalue weighted by Gasteiger charge is 2.16. The smallest absolute Gasteiger partial charge is 0.256 e. The van der Waals surface area contributed by atoms with Crippen LogP contribution in [0.5, 0.6) is 0 Å². The molecule has 3 rings (SSSR count). The molecule has 0 bridgehead atoms. The Labute approximate surface area is 140 Å². The average molecular weight is 319 g/mol. The van der Waals surface area contributed by atoms with Gasteiger partial charge < -0.3 is 9.73 Å². The molecule has 0 saturated carbocycles. The minimum atomic E-state index is -0.219. The number of carbonyl (C=O) groups is 2. The summed E-state index contributed by atoms with van der Waals surface area (Å²) in [6.45, 7) is 3.97. The number of hydrogen-bond acceptors (Lipinski definition) is 3. The fourth-order valence-electron chi connectivity index (χ4n) is 2.53. The van der Waals surface area contributed by atoms with E-state index in [1.165, 1.54) is 0 Å². The molecular formula is C20H17NO3. The first-order chi connectivity index (χ1) is 11.6. The number of aldehydes is 1. The van der Waals surface area contributed by atoms with Gasteiger partial charge in [0, 0.05) is 11.3 Å². The molecule has 0 unspecified atom stereocenters. The van der Waals surface area contributed by atoms with E-state index in [0.717, 1.165) is 16.8 Å². The van der Waals surface area contributed by atoms with Crippen molar-refractivity contribution in [3.05, 3.63) is 77.0 Å². The average Bonchev–Trinajstić information content (AvgIpc) is 3.08. The fraction of sp³-hybridized carbons (Fsp3) is 0.100. The van der Waals surface area contributed by atoms with Crippen molar-refractivity contribution in [2.45, 2.75) is 13.8 Å². The molecule has 0 spiro atoms. The van der Waals surface area contributed by atoms with Gasteiger partial charge in [0.25, 0.3) is 5.91 Å². The van der Waals surface area contributed by atoms with Crippen LogP contribution in [0.2, 0.25) is 0 Å². The van der Waals surface area contributed by atoms with Crippen molar-refractivity contribution < 1.29 is 14.0 Å². The number of amides is 1. The number of carbonyl (C=O) groups excluding carboxylic acids is 2. The molecule has 4 heteroatoms. The Balaban J connectivity index is 1.96. The number of hydrogen-bond donors (Lipinski definition) is 1. The second-order valence-corrected chi connectivity index (χ2v) is 5.57. The second kappa shape index (κ2) is 6.54. The van der Waals surface area contributed by atoms with Crippen molar-refractivity contribution in [2.75, 3.05) is 5.32 Å². The Morgan fingerprint density at radius 3 is 2.54 bits per heavy atom. The number of aryl methyl sites for hydroxylation is 1. The molecule has 1 aromatic heterocycles. The highest BCUT2D eigenvalue weighted by molar-refractivity contribution is 6.08. The van der Waals surface area contributed by atoms with Gasteiger partial charge in [0.05, 0.1) is 5.56 Å². The molecular weight excluding hydrogens is 302 g/mol. The van der Waals surface area contributed by atoms with Crippen LogP contribution >= 0.6 is 0 Å². The van der Waals surface area contributed by atoms with Gasteiger partial charge in [-0.1, -0.05) is 30.3 Å². The lowest BCUT2D eigenvalue weighted by Gasteiger charge is -2.12. The summed E-state index contributed by atoms with van der Waals surface area (Å²) in [5.41, 5.74) is 4.06. The second-order valence-electron chi connectivity index (χ2n) is 5.57. The predicted octanol–water partition coefficient (Wildman–Crippen LogP) is 4.63. The predicted molar refractivity (Wildman–Crippen MR) is 93.4 cm³/mol. The first-order valence-electron chi connectivity index (χ1n) is 7.62. The zero-order valence-corrected chi connectivity index (χ0v) is 13.5. The van der Waals surface area contributed by atoms with Gasteiger partial charge in [0.1, 0.15) is 5.76 Å². The van der Waals surface area contributed by atoms with Crippen LogP contribution in [0.15, 0.2) is 59.0 Å². The molecule has 0 radical (unpaired) electrons. The van der Waals surface area contributed by atoms with E-state index in [1.54, 1.807) is 30.3 Å². The molecule has 4 nitrogen and oxygen atoms in total. The van der Waals surface area contributed by atoms with E-state index in [9.17, 15) is 9.59 Å². The van der Waals surface area contributed by atoms with E-state index in [1.807, 2.05) is 38.1 Å². The molecule has 3 aromatic rings. The number of furan rings is 1. The summed E-state index contributed by atoms with van der Waals surface area (Å²) in [5.74, 6) is 0.502. The molecule has 1 heterocycles. The van der Waals surface area contributed by atoms with E-state index in [4.69, 9.17) is 4.42 Å². The van der Waals surface area contributed by atoms with Gasteiger partial charge in [-0.3, -0.25) is 9.59 Å². The van der Waals surface area contributed by atoms with E-state index in [0.29, 0.717) is 23.2 Å². The Morgan fingerprint density at radius 1 is 1.00 bits per heavy atom. The first kappa shape index (κ1) is 15.7. The maximum Gasteiger partial charge on any atom is 0.256 e. The molecule has 0 fully saturated rings. The van der Waals surface area contributed by atoms with E-state index >= 15 is 0 Å². The van der Waals surface area contributed by atoms with Crippen LogP contribution in [-0.2, 0) is 0 Å². The van der Waals surface area contributed by atoms with Crippen molar-refractivity contribution in [1.29, 1.82) is 0 Å². The SMILES string of the molecule is Cc1cccc(NC(=O)c2ccccc2-c2ccc(C=O)o2)c1C. The van der Waals surface area contributed by atoms with Gasteiger partial charge in [0.15, 0.2) is 12.0 Å². The normalized spacial score (nSPS) is 10.4. The molecule has 0 aliphatic carbocycles. The zero-order chi connectivity index (χ0) is 17.1. The van der Waals surface area contributed by atoms with E-state index in [-0.39, 0.29) is 11.7 Å². The summed E-state index contributed by atoms with van der Waals surface area (Å²) in [6, 6.07) is 16.2. The van der Waals surface area contributed by atoms with Gasteiger partial charge >= 0.3 is 0 Å².